The number of rotatable bonds is 2. The van der Waals surface area contributed by atoms with Crippen molar-refractivity contribution < 1.29 is 0 Å². The van der Waals surface area contributed by atoms with Gasteiger partial charge in [0.1, 0.15) is 0 Å². The summed E-state index contributed by atoms with van der Waals surface area (Å²) in [5, 5.41) is 5.59. The average Bonchev–Trinajstić information content (AvgIpc) is 3.14. The van der Waals surface area contributed by atoms with Crippen molar-refractivity contribution in [1.29, 1.82) is 0 Å². The van der Waals surface area contributed by atoms with Crippen molar-refractivity contribution in [2.75, 3.05) is 0 Å². The third kappa shape index (κ3) is 2.00. The van der Waals surface area contributed by atoms with Gasteiger partial charge in [0.2, 0.25) is 0 Å². The van der Waals surface area contributed by atoms with Gasteiger partial charge in [0.15, 0.2) is 5.82 Å². The number of H-pyrrole nitrogens is 2. The van der Waals surface area contributed by atoms with Crippen LogP contribution in [0.2, 0.25) is 0 Å². The molecule has 106 valence electrons. The quantitative estimate of drug-likeness (QED) is 0.760. The van der Waals surface area contributed by atoms with E-state index in [4.69, 9.17) is 0 Å². The van der Waals surface area contributed by atoms with Gasteiger partial charge in [-0.05, 0) is 18.2 Å². The Hall–Kier alpha value is -3.21. The van der Waals surface area contributed by atoms with Gasteiger partial charge in [0.25, 0.3) is 5.56 Å². The monoisotopic (exact) mass is 288 g/mol. The van der Waals surface area contributed by atoms with Crippen molar-refractivity contribution in [1.82, 2.24) is 15.2 Å². The van der Waals surface area contributed by atoms with E-state index in [0.717, 1.165) is 22.4 Å². The second-order valence-corrected chi connectivity index (χ2v) is 4.97. The summed E-state index contributed by atoms with van der Waals surface area (Å²) >= 11 is 0. The molecule has 4 rings (SSSR count). The van der Waals surface area contributed by atoms with Crippen molar-refractivity contribution >= 4 is 23.7 Å². The molecule has 0 radical (unpaired) electrons. The van der Waals surface area contributed by atoms with Gasteiger partial charge in [0.05, 0.1) is 11.3 Å². The maximum atomic E-state index is 12.1. The highest BCUT2D eigenvalue weighted by Gasteiger charge is 2.15. The van der Waals surface area contributed by atoms with Crippen molar-refractivity contribution in [3.05, 3.63) is 70.1 Å². The van der Waals surface area contributed by atoms with Gasteiger partial charge in [-0.3, -0.25) is 15.0 Å². The number of aliphatic imine (C=N–C) groups is 1. The molecule has 22 heavy (non-hydrogen) atoms. The van der Waals surface area contributed by atoms with Gasteiger partial charge < -0.3 is 0 Å². The molecule has 1 aliphatic rings. The lowest BCUT2D eigenvalue weighted by Gasteiger charge is -2.00. The van der Waals surface area contributed by atoms with Crippen LogP contribution < -0.4 is 5.56 Å². The topological polar surface area (TPSA) is 73.9 Å². The van der Waals surface area contributed by atoms with Crippen LogP contribution in [-0.4, -0.2) is 21.4 Å². The molecule has 0 amide bonds. The number of nitrogens with one attached hydrogen (secondary N) is 2. The average molecular weight is 288 g/mol. The SMILES string of the molecule is O=c1[nH][nH]c(-c2ccccc2)c1C=C1C=Nc2ncccc21. The highest BCUT2D eigenvalue weighted by molar-refractivity contribution is 6.21. The zero-order chi connectivity index (χ0) is 14.9. The van der Waals surface area contributed by atoms with E-state index in [2.05, 4.69) is 20.2 Å². The molecule has 0 saturated carbocycles. The summed E-state index contributed by atoms with van der Waals surface area (Å²) in [6.07, 6.45) is 5.28. The molecule has 2 N–H and O–H groups in total. The minimum absolute atomic E-state index is 0.155. The van der Waals surface area contributed by atoms with Crippen molar-refractivity contribution in [2.24, 2.45) is 4.99 Å². The molecule has 1 aromatic carbocycles. The van der Waals surface area contributed by atoms with Crippen LogP contribution in [0.1, 0.15) is 11.1 Å². The van der Waals surface area contributed by atoms with Crippen molar-refractivity contribution in [3.63, 3.8) is 0 Å². The maximum absolute atomic E-state index is 12.1. The third-order valence-corrected chi connectivity index (χ3v) is 3.60. The Morgan fingerprint density at radius 2 is 1.86 bits per heavy atom. The van der Waals surface area contributed by atoms with E-state index in [-0.39, 0.29) is 5.56 Å². The maximum Gasteiger partial charge on any atom is 0.271 e. The Morgan fingerprint density at radius 1 is 1.00 bits per heavy atom. The van der Waals surface area contributed by atoms with Crippen LogP contribution >= 0.6 is 0 Å². The van der Waals surface area contributed by atoms with Crippen LogP contribution in [0.25, 0.3) is 22.9 Å². The Balaban J connectivity index is 1.86. The number of allylic oxidation sites excluding steroid dienone is 1. The normalized spacial score (nSPS) is 14.5. The van der Waals surface area contributed by atoms with E-state index in [1.54, 1.807) is 12.4 Å². The van der Waals surface area contributed by atoms with Crippen LogP contribution in [0, 0.1) is 0 Å². The fourth-order valence-corrected chi connectivity index (χ4v) is 2.53. The summed E-state index contributed by atoms with van der Waals surface area (Å²) in [5.74, 6) is 0.682. The first-order chi connectivity index (χ1) is 10.8. The molecule has 3 heterocycles. The number of pyridine rings is 1. The Labute approximate surface area is 126 Å². The largest absolute Gasteiger partial charge is 0.297 e. The summed E-state index contributed by atoms with van der Waals surface area (Å²) in [6, 6.07) is 13.5. The lowest BCUT2D eigenvalue weighted by molar-refractivity contribution is 1.06. The minimum Gasteiger partial charge on any atom is -0.297 e. The Bertz CT molecular complexity index is 948. The molecule has 1 aliphatic heterocycles. The number of aromatic amines is 2. The molecule has 0 saturated heterocycles. The first-order valence-electron chi connectivity index (χ1n) is 6.90. The highest BCUT2D eigenvalue weighted by atomic mass is 16.1. The lowest BCUT2D eigenvalue weighted by atomic mass is 10.0. The first-order valence-corrected chi connectivity index (χ1v) is 6.90. The molecule has 5 nitrogen and oxygen atoms in total. The second kappa shape index (κ2) is 4.96. The van der Waals surface area contributed by atoms with Gasteiger partial charge in [-0.1, -0.05) is 30.3 Å². The van der Waals surface area contributed by atoms with Crippen LogP contribution in [0.4, 0.5) is 5.82 Å². The van der Waals surface area contributed by atoms with Gasteiger partial charge >= 0.3 is 0 Å². The summed E-state index contributed by atoms with van der Waals surface area (Å²) in [7, 11) is 0. The fraction of sp³-hybridized carbons (Fsp3) is 0. The molecule has 3 aromatic rings. The molecular formula is C17H12N4O. The van der Waals surface area contributed by atoms with E-state index in [1.165, 1.54) is 0 Å². The summed E-state index contributed by atoms with van der Waals surface area (Å²) in [5.41, 5.74) is 3.96. The number of fused-ring (bicyclic) bond motifs is 1. The van der Waals surface area contributed by atoms with E-state index in [0.29, 0.717) is 11.4 Å². The molecule has 0 atom stereocenters. The number of hydrogen-bond acceptors (Lipinski definition) is 3. The molecule has 5 heteroatoms. The molecule has 0 bridgehead atoms. The molecule has 0 spiro atoms. The van der Waals surface area contributed by atoms with Crippen LogP contribution in [0.15, 0.2) is 58.4 Å². The summed E-state index contributed by atoms with van der Waals surface area (Å²) in [4.78, 5) is 20.6. The number of nitrogens with zero attached hydrogens (tertiary/aromatic N) is 2. The predicted octanol–water partition coefficient (Wildman–Crippen LogP) is 3.02. The van der Waals surface area contributed by atoms with E-state index < -0.39 is 0 Å². The molecule has 0 unspecified atom stereocenters. The predicted molar refractivity (Wildman–Crippen MR) is 87.1 cm³/mol. The molecule has 0 fully saturated rings. The van der Waals surface area contributed by atoms with Gasteiger partial charge in [-0.15, -0.1) is 0 Å². The molecule has 2 aromatic heterocycles. The lowest BCUT2D eigenvalue weighted by Crippen LogP contribution is -2.02. The minimum atomic E-state index is -0.155. The Morgan fingerprint density at radius 3 is 2.73 bits per heavy atom. The highest BCUT2D eigenvalue weighted by Crippen LogP contribution is 2.31. The number of aromatic nitrogens is 3. The van der Waals surface area contributed by atoms with Crippen molar-refractivity contribution in [2.45, 2.75) is 0 Å². The van der Waals surface area contributed by atoms with Gasteiger partial charge in [0, 0.05) is 29.1 Å². The molecular weight excluding hydrogens is 276 g/mol. The third-order valence-electron chi connectivity index (χ3n) is 3.60. The van der Waals surface area contributed by atoms with Gasteiger partial charge in [-0.2, -0.15) is 0 Å². The molecule has 0 aliphatic carbocycles. The van der Waals surface area contributed by atoms with Crippen molar-refractivity contribution in [3.8, 4) is 11.3 Å². The van der Waals surface area contributed by atoms with E-state index in [1.807, 2.05) is 48.5 Å². The standard InChI is InChI=1S/C17H12N4O/c22-17-14(15(20-21-17)11-5-2-1-3-6-11)9-12-10-19-16-13(12)7-4-8-18-16/h1-10H,(H2,20,21,22). The number of hydrogen-bond donors (Lipinski definition) is 2. The number of benzene rings is 1. The summed E-state index contributed by atoms with van der Waals surface area (Å²) < 4.78 is 0. The second-order valence-electron chi connectivity index (χ2n) is 4.97. The fourth-order valence-electron chi connectivity index (χ4n) is 2.53. The smallest absolute Gasteiger partial charge is 0.271 e. The summed E-state index contributed by atoms with van der Waals surface area (Å²) in [6.45, 7) is 0. The first kappa shape index (κ1) is 12.5. The van der Waals surface area contributed by atoms with Crippen LogP contribution in [0.3, 0.4) is 0 Å². The zero-order valence-electron chi connectivity index (χ0n) is 11.6. The van der Waals surface area contributed by atoms with E-state index in [9.17, 15) is 4.79 Å². The van der Waals surface area contributed by atoms with E-state index >= 15 is 0 Å². The van der Waals surface area contributed by atoms with Gasteiger partial charge in [-0.25, -0.2) is 9.98 Å². The Kier molecular flexibility index (Phi) is 2.83. The zero-order valence-corrected chi connectivity index (χ0v) is 11.6. The van der Waals surface area contributed by atoms with Crippen LogP contribution in [-0.2, 0) is 0 Å². The van der Waals surface area contributed by atoms with Crippen LogP contribution in [0.5, 0.6) is 0 Å².